The highest BCUT2D eigenvalue weighted by Gasteiger charge is 2.43. The zero-order chi connectivity index (χ0) is 20.3. The molecule has 2 unspecified atom stereocenters. The Bertz CT molecular complexity index is 1060. The summed E-state index contributed by atoms with van der Waals surface area (Å²) in [5.74, 6) is 2.29. The Labute approximate surface area is 170 Å². The molecular weight excluding hydrogens is 367 g/mol. The van der Waals surface area contributed by atoms with Crippen LogP contribution in [-0.2, 0) is 17.7 Å². The lowest BCUT2D eigenvalue weighted by Gasteiger charge is -2.39. The Morgan fingerprint density at radius 2 is 2.07 bits per heavy atom. The summed E-state index contributed by atoms with van der Waals surface area (Å²) in [5.41, 5.74) is 4.23. The van der Waals surface area contributed by atoms with Gasteiger partial charge >= 0.3 is 0 Å². The first-order chi connectivity index (χ1) is 13.9. The van der Waals surface area contributed by atoms with Gasteiger partial charge in [-0.1, -0.05) is 24.6 Å². The molecule has 29 heavy (non-hydrogen) atoms. The van der Waals surface area contributed by atoms with E-state index in [0.29, 0.717) is 18.8 Å². The number of nitrogens with zero attached hydrogens (tertiary/aromatic N) is 2. The van der Waals surface area contributed by atoms with Crippen LogP contribution in [0.15, 0.2) is 29.2 Å². The van der Waals surface area contributed by atoms with Gasteiger partial charge in [0.15, 0.2) is 5.75 Å². The fourth-order valence-electron chi connectivity index (χ4n) is 4.82. The molecule has 3 heterocycles. The highest BCUT2D eigenvalue weighted by molar-refractivity contribution is 6.39. The first-order valence-electron chi connectivity index (χ1n) is 10.4. The van der Waals surface area contributed by atoms with Crippen molar-refractivity contribution in [3.05, 3.63) is 57.0 Å². The molecule has 0 bridgehead atoms. The van der Waals surface area contributed by atoms with Crippen LogP contribution < -0.4 is 10.2 Å². The quantitative estimate of drug-likeness (QED) is 0.804. The van der Waals surface area contributed by atoms with Crippen LogP contribution in [0.1, 0.15) is 34.7 Å². The Kier molecular flexibility index (Phi) is 4.22. The van der Waals surface area contributed by atoms with Crippen LogP contribution in [-0.4, -0.2) is 47.0 Å². The van der Waals surface area contributed by atoms with Gasteiger partial charge in [-0.25, -0.2) is 0 Å². The maximum absolute atomic E-state index is 12.5. The second-order valence-corrected chi connectivity index (χ2v) is 8.68. The molecule has 5 rings (SSSR count). The van der Waals surface area contributed by atoms with Gasteiger partial charge in [0.05, 0.1) is 18.8 Å². The molecule has 2 fully saturated rings. The van der Waals surface area contributed by atoms with Gasteiger partial charge in [0.25, 0.3) is 0 Å². The third kappa shape index (κ3) is 3.13. The number of benzene rings is 1. The average Bonchev–Trinajstić information content (AvgIpc) is 3.46. The van der Waals surface area contributed by atoms with Gasteiger partial charge in [0, 0.05) is 12.3 Å². The summed E-state index contributed by atoms with van der Waals surface area (Å²) in [6.07, 6.45) is 4.06. The van der Waals surface area contributed by atoms with Crippen molar-refractivity contribution in [1.29, 1.82) is 0 Å². The maximum atomic E-state index is 12.5. The van der Waals surface area contributed by atoms with Crippen LogP contribution in [0.4, 0.5) is 0 Å². The minimum Gasteiger partial charge on any atom is -0.503 e. The van der Waals surface area contributed by atoms with Crippen LogP contribution in [0.5, 0.6) is 11.5 Å². The number of pyridine rings is 1. The summed E-state index contributed by atoms with van der Waals surface area (Å²) >= 11 is 0. The minimum absolute atomic E-state index is 0.0106. The summed E-state index contributed by atoms with van der Waals surface area (Å²) in [4.78, 5) is 25.7. The van der Waals surface area contributed by atoms with Crippen molar-refractivity contribution < 1.29 is 14.6 Å². The molecule has 1 aromatic carbocycles. The van der Waals surface area contributed by atoms with Crippen LogP contribution in [0, 0.1) is 13.8 Å². The summed E-state index contributed by atoms with van der Waals surface area (Å²) in [7, 11) is 1.30. The minimum atomic E-state index is -0.429. The average molecular weight is 392 g/mol. The van der Waals surface area contributed by atoms with E-state index in [1.807, 2.05) is 0 Å². The number of ether oxygens (including phenoxy) is 1. The molecule has 1 aromatic heterocycles. The number of rotatable bonds is 4. The number of carbonyl (C=O) groups excluding carboxylic acids is 1. The summed E-state index contributed by atoms with van der Waals surface area (Å²) in [6, 6.07) is 5.63. The zero-order valence-electron chi connectivity index (χ0n) is 16.9. The van der Waals surface area contributed by atoms with Crippen molar-refractivity contribution in [2.24, 2.45) is 0 Å². The van der Waals surface area contributed by atoms with Crippen molar-refractivity contribution in [3.8, 4) is 11.5 Å². The second kappa shape index (κ2) is 6.68. The highest BCUT2D eigenvalue weighted by atomic mass is 16.5. The molecule has 0 spiro atoms. The second-order valence-electron chi connectivity index (χ2n) is 8.68. The van der Waals surface area contributed by atoms with E-state index in [0.717, 1.165) is 23.8 Å². The fourth-order valence-corrected chi connectivity index (χ4v) is 4.82. The SMILES string of the molecule is Cc1c(OC2CN(C(=O)Cn3ccc(=O)c(O)c3C)C2)ccc2c1CBC1CC21. The predicted octanol–water partition coefficient (Wildman–Crippen LogP) is 1.69. The fraction of sp³-hybridized carbons (Fsp3) is 0.455. The van der Waals surface area contributed by atoms with Crippen LogP contribution in [0.2, 0.25) is 5.82 Å². The van der Waals surface area contributed by atoms with E-state index in [1.165, 1.54) is 36.5 Å². The van der Waals surface area contributed by atoms with Gasteiger partial charge < -0.3 is 19.3 Å². The molecule has 1 aliphatic carbocycles. The topological polar surface area (TPSA) is 71.8 Å². The van der Waals surface area contributed by atoms with Crippen molar-refractivity contribution >= 4 is 13.2 Å². The van der Waals surface area contributed by atoms with E-state index in [4.69, 9.17) is 4.74 Å². The summed E-state index contributed by atoms with van der Waals surface area (Å²) < 4.78 is 7.81. The molecule has 0 radical (unpaired) electrons. The van der Waals surface area contributed by atoms with Crippen molar-refractivity contribution in [2.45, 2.75) is 51.0 Å². The number of hydrogen-bond donors (Lipinski definition) is 1. The molecule has 2 aliphatic heterocycles. The van der Waals surface area contributed by atoms with Crippen molar-refractivity contribution in [1.82, 2.24) is 9.47 Å². The summed E-state index contributed by atoms with van der Waals surface area (Å²) in [5, 5.41) is 9.77. The van der Waals surface area contributed by atoms with Gasteiger partial charge in [-0.2, -0.15) is 0 Å². The van der Waals surface area contributed by atoms with Crippen LogP contribution >= 0.6 is 0 Å². The molecule has 2 atom stereocenters. The number of amides is 1. The van der Waals surface area contributed by atoms with E-state index in [-0.39, 0.29) is 24.3 Å². The number of aromatic nitrogens is 1. The first-order valence-corrected chi connectivity index (χ1v) is 10.4. The maximum Gasteiger partial charge on any atom is 0.242 e. The lowest BCUT2D eigenvalue weighted by atomic mass is 9.61. The predicted molar refractivity (Wildman–Crippen MR) is 111 cm³/mol. The first kappa shape index (κ1) is 18.3. The molecule has 1 saturated carbocycles. The Hall–Kier alpha value is -2.70. The van der Waals surface area contributed by atoms with Crippen LogP contribution in [0.3, 0.4) is 0 Å². The third-order valence-electron chi connectivity index (χ3n) is 6.88. The molecule has 150 valence electrons. The van der Waals surface area contributed by atoms with Gasteiger partial charge in [0.2, 0.25) is 11.3 Å². The monoisotopic (exact) mass is 392 g/mol. The normalized spacial score (nSPS) is 22.2. The van der Waals surface area contributed by atoms with Gasteiger partial charge in [-0.15, -0.1) is 0 Å². The summed E-state index contributed by atoms with van der Waals surface area (Å²) in [6.45, 7) is 5.02. The molecule has 3 aliphatic rings. The number of fused-ring (bicyclic) bond motifs is 3. The van der Waals surface area contributed by atoms with E-state index in [2.05, 4.69) is 19.1 Å². The van der Waals surface area contributed by atoms with E-state index in [9.17, 15) is 14.7 Å². The lowest BCUT2D eigenvalue weighted by molar-refractivity contribution is -0.140. The van der Waals surface area contributed by atoms with Gasteiger partial charge in [-0.05, 0) is 42.5 Å². The molecule has 1 amide bonds. The molecular formula is C22H25BN2O4. The van der Waals surface area contributed by atoms with Crippen molar-refractivity contribution in [2.75, 3.05) is 13.1 Å². The number of hydrogen-bond acceptors (Lipinski definition) is 4. The Morgan fingerprint density at radius 3 is 2.86 bits per heavy atom. The Balaban J connectivity index is 1.20. The van der Waals surface area contributed by atoms with E-state index >= 15 is 0 Å². The number of carbonyl (C=O) groups is 1. The molecule has 6 nitrogen and oxygen atoms in total. The van der Waals surface area contributed by atoms with Gasteiger partial charge in [0.1, 0.15) is 25.7 Å². The van der Waals surface area contributed by atoms with E-state index in [1.54, 1.807) is 22.6 Å². The standard InChI is InChI=1S/C22H25BN2O4/c1-12-17-8-23-18-7-16(18)15(17)3-4-20(12)29-14-9-25(10-14)21(27)11-24-6-5-19(26)22(28)13(24)2/h3-6,14,16,18,23,28H,7-11H2,1-2H3. The van der Waals surface area contributed by atoms with Crippen LogP contribution in [0.25, 0.3) is 0 Å². The van der Waals surface area contributed by atoms with Gasteiger partial charge in [-0.3, -0.25) is 9.59 Å². The number of aromatic hydroxyl groups is 1. The molecule has 1 saturated heterocycles. The smallest absolute Gasteiger partial charge is 0.242 e. The molecule has 1 N–H and O–H groups in total. The zero-order valence-corrected chi connectivity index (χ0v) is 16.9. The molecule has 7 heteroatoms. The highest BCUT2D eigenvalue weighted by Crippen LogP contribution is 2.57. The van der Waals surface area contributed by atoms with E-state index < -0.39 is 5.43 Å². The van der Waals surface area contributed by atoms with Crippen molar-refractivity contribution in [3.63, 3.8) is 0 Å². The number of likely N-dealkylation sites (tertiary alicyclic amines) is 1. The largest absolute Gasteiger partial charge is 0.503 e. The Morgan fingerprint density at radius 1 is 1.28 bits per heavy atom. The lowest BCUT2D eigenvalue weighted by Crippen LogP contribution is -2.57. The molecule has 2 aromatic rings. The third-order valence-corrected chi connectivity index (χ3v) is 6.88.